The van der Waals surface area contributed by atoms with E-state index >= 15 is 0 Å². The molecule has 2 aromatic carbocycles. The molecule has 0 radical (unpaired) electrons. The van der Waals surface area contributed by atoms with Gasteiger partial charge in [0.25, 0.3) is 0 Å². The molecule has 1 aromatic heterocycles. The van der Waals surface area contributed by atoms with E-state index < -0.39 is 11.9 Å². The molecule has 168 valence electrons. The van der Waals surface area contributed by atoms with Crippen LogP contribution in [0.1, 0.15) is 35.9 Å². The number of furan rings is 1. The van der Waals surface area contributed by atoms with E-state index in [0.29, 0.717) is 18.7 Å². The maximum atomic E-state index is 13.6. The van der Waals surface area contributed by atoms with E-state index in [1.807, 2.05) is 54.6 Å². The van der Waals surface area contributed by atoms with Gasteiger partial charge in [0, 0.05) is 25.0 Å². The molecule has 0 spiro atoms. The maximum Gasteiger partial charge on any atom is 0.306 e. The Morgan fingerprint density at radius 1 is 1.19 bits per heavy atom. The highest BCUT2D eigenvalue weighted by atomic mass is 16.5. The number of benzene rings is 2. The molecule has 7 nitrogen and oxygen atoms in total. The zero-order chi connectivity index (χ0) is 22.5. The van der Waals surface area contributed by atoms with Gasteiger partial charge in [-0.05, 0) is 29.7 Å². The molecule has 1 amide bonds. The number of nitrogens with zero attached hydrogens (tertiary/aromatic N) is 1. The van der Waals surface area contributed by atoms with E-state index in [0.717, 1.165) is 29.5 Å². The van der Waals surface area contributed by atoms with Gasteiger partial charge >= 0.3 is 5.97 Å². The standard InChI is InChI=1S/C25H28N2O5/c1-31-24(29)14-21(19-8-5-9-23-20(19)11-13-32-23)25(30)26-22(17-6-3-2-4-7-17)16-27-12-10-18(28)15-27/h2-9,11,13,18,21-22,28H,10,12,14-16H2,1H3,(H,26,30). The van der Waals surface area contributed by atoms with E-state index in [4.69, 9.17) is 9.15 Å². The molecule has 1 saturated heterocycles. The van der Waals surface area contributed by atoms with Gasteiger partial charge in [-0.3, -0.25) is 14.5 Å². The van der Waals surface area contributed by atoms with Crippen LogP contribution in [0.2, 0.25) is 0 Å². The van der Waals surface area contributed by atoms with E-state index in [1.54, 1.807) is 6.26 Å². The molecule has 2 N–H and O–H groups in total. The van der Waals surface area contributed by atoms with Crippen molar-refractivity contribution >= 4 is 22.8 Å². The molecule has 3 unspecified atom stereocenters. The summed E-state index contributed by atoms with van der Waals surface area (Å²) in [6, 6.07) is 16.8. The first-order chi connectivity index (χ1) is 15.5. The Labute approximate surface area is 187 Å². The minimum atomic E-state index is -0.723. The Morgan fingerprint density at radius 2 is 2.00 bits per heavy atom. The molecule has 0 bridgehead atoms. The van der Waals surface area contributed by atoms with Crippen LogP contribution in [0.25, 0.3) is 11.0 Å². The van der Waals surface area contributed by atoms with Crippen molar-refractivity contribution in [3.63, 3.8) is 0 Å². The molecule has 1 aliphatic rings. The fourth-order valence-electron chi connectivity index (χ4n) is 4.34. The summed E-state index contributed by atoms with van der Waals surface area (Å²) in [5, 5.41) is 13.9. The predicted octanol–water partition coefficient (Wildman–Crippen LogP) is 3.00. The summed E-state index contributed by atoms with van der Waals surface area (Å²) >= 11 is 0. The Bertz CT molecular complexity index is 1060. The number of fused-ring (bicyclic) bond motifs is 1. The molecular weight excluding hydrogens is 408 g/mol. The SMILES string of the molecule is COC(=O)CC(C(=O)NC(CN1CCC(O)C1)c1ccccc1)c1cccc2occc12. The van der Waals surface area contributed by atoms with E-state index in [2.05, 4.69) is 10.2 Å². The third-order valence-corrected chi connectivity index (χ3v) is 6.03. The average molecular weight is 437 g/mol. The largest absolute Gasteiger partial charge is 0.469 e. The summed E-state index contributed by atoms with van der Waals surface area (Å²) in [5.41, 5.74) is 2.36. The van der Waals surface area contributed by atoms with Crippen LogP contribution in [0.3, 0.4) is 0 Å². The molecule has 4 rings (SSSR count). The first-order valence-corrected chi connectivity index (χ1v) is 10.8. The molecular formula is C25H28N2O5. The number of aliphatic hydroxyl groups excluding tert-OH is 1. The summed E-state index contributed by atoms with van der Waals surface area (Å²) in [5.74, 6) is -1.43. The van der Waals surface area contributed by atoms with Gasteiger partial charge in [0.1, 0.15) is 5.58 Å². The Morgan fingerprint density at radius 3 is 2.72 bits per heavy atom. The predicted molar refractivity (Wildman–Crippen MR) is 120 cm³/mol. The molecule has 0 saturated carbocycles. The third kappa shape index (κ3) is 5.00. The number of hydrogen-bond acceptors (Lipinski definition) is 6. The Balaban J connectivity index is 1.62. The molecule has 1 fully saturated rings. The zero-order valence-corrected chi connectivity index (χ0v) is 18.1. The monoisotopic (exact) mass is 436 g/mol. The van der Waals surface area contributed by atoms with Gasteiger partial charge in [-0.2, -0.15) is 0 Å². The summed E-state index contributed by atoms with van der Waals surface area (Å²) in [7, 11) is 1.32. The van der Waals surface area contributed by atoms with Crippen molar-refractivity contribution in [2.75, 3.05) is 26.7 Å². The first kappa shape index (κ1) is 22.0. The summed E-state index contributed by atoms with van der Waals surface area (Å²) in [4.78, 5) is 27.9. The van der Waals surface area contributed by atoms with Crippen molar-refractivity contribution in [1.82, 2.24) is 10.2 Å². The first-order valence-electron chi connectivity index (χ1n) is 10.8. The van der Waals surface area contributed by atoms with Gasteiger partial charge in [-0.25, -0.2) is 0 Å². The zero-order valence-electron chi connectivity index (χ0n) is 18.1. The number of likely N-dealkylation sites (tertiary alicyclic amines) is 1. The summed E-state index contributed by atoms with van der Waals surface area (Å²) in [6.45, 7) is 1.94. The Hall–Kier alpha value is -3.16. The van der Waals surface area contributed by atoms with Crippen LogP contribution in [0.4, 0.5) is 0 Å². The van der Waals surface area contributed by atoms with Crippen molar-refractivity contribution in [3.8, 4) is 0 Å². The van der Waals surface area contributed by atoms with Crippen molar-refractivity contribution in [1.29, 1.82) is 0 Å². The second kappa shape index (κ2) is 9.97. The summed E-state index contributed by atoms with van der Waals surface area (Å²) < 4.78 is 10.4. The molecule has 2 heterocycles. The van der Waals surface area contributed by atoms with Crippen molar-refractivity contribution < 1.29 is 23.8 Å². The number of esters is 1. The van der Waals surface area contributed by atoms with E-state index in [1.165, 1.54) is 7.11 Å². The smallest absolute Gasteiger partial charge is 0.306 e. The quantitative estimate of drug-likeness (QED) is 0.528. The molecule has 3 aromatic rings. The molecule has 3 atom stereocenters. The fourth-order valence-corrected chi connectivity index (χ4v) is 4.34. The normalized spacial score (nSPS) is 18.4. The molecule has 0 aliphatic carbocycles. The second-order valence-corrected chi connectivity index (χ2v) is 8.19. The number of carbonyl (C=O) groups excluding carboxylic acids is 2. The number of amides is 1. The minimum absolute atomic E-state index is 0.0729. The molecule has 1 aliphatic heterocycles. The molecule has 32 heavy (non-hydrogen) atoms. The number of nitrogens with one attached hydrogen (secondary N) is 1. The van der Waals surface area contributed by atoms with Crippen LogP contribution in [0, 0.1) is 0 Å². The lowest BCUT2D eigenvalue weighted by Gasteiger charge is -2.27. The van der Waals surface area contributed by atoms with Crippen molar-refractivity contribution in [3.05, 3.63) is 72.0 Å². The van der Waals surface area contributed by atoms with Gasteiger partial charge in [0.05, 0.1) is 37.9 Å². The Kier molecular flexibility index (Phi) is 6.87. The lowest BCUT2D eigenvalue weighted by atomic mass is 9.91. The van der Waals surface area contributed by atoms with Crippen LogP contribution >= 0.6 is 0 Å². The van der Waals surface area contributed by atoms with Gasteiger partial charge in [0.15, 0.2) is 0 Å². The van der Waals surface area contributed by atoms with Gasteiger partial charge in [0.2, 0.25) is 5.91 Å². The lowest BCUT2D eigenvalue weighted by Crippen LogP contribution is -2.40. The number of aliphatic hydroxyl groups is 1. The fraction of sp³-hybridized carbons (Fsp3) is 0.360. The van der Waals surface area contributed by atoms with Gasteiger partial charge in [-0.15, -0.1) is 0 Å². The summed E-state index contributed by atoms with van der Waals surface area (Å²) in [6.07, 6.45) is 1.89. The highest BCUT2D eigenvalue weighted by Crippen LogP contribution is 2.30. The number of β-amino-alcohol motifs (C(OH)–C–C–N with tert-alkyl or cyclic N) is 1. The van der Waals surface area contributed by atoms with Gasteiger partial charge in [-0.1, -0.05) is 42.5 Å². The number of ether oxygens (including phenoxy) is 1. The topological polar surface area (TPSA) is 92.0 Å². The van der Waals surface area contributed by atoms with E-state index in [-0.39, 0.29) is 24.5 Å². The van der Waals surface area contributed by atoms with Crippen LogP contribution < -0.4 is 5.32 Å². The molecule has 7 heteroatoms. The third-order valence-electron chi connectivity index (χ3n) is 6.03. The average Bonchev–Trinajstić information content (AvgIpc) is 3.46. The number of carbonyl (C=O) groups is 2. The maximum absolute atomic E-state index is 13.6. The number of methoxy groups -OCH3 is 1. The van der Waals surface area contributed by atoms with Crippen LogP contribution in [-0.4, -0.2) is 54.7 Å². The number of hydrogen-bond donors (Lipinski definition) is 2. The highest BCUT2D eigenvalue weighted by molar-refractivity contribution is 5.93. The minimum Gasteiger partial charge on any atom is -0.469 e. The van der Waals surface area contributed by atoms with Crippen LogP contribution in [0.15, 0.2) is 65.3 Å². The van der Waals surface area contributed by atoms with Crippen LogP contribution in [0.5, 0.6) is 0 Å². The lowest BCUT2D eigenvalue weighted by molar-refractivity contribution is -0.143. The van der Waals surface area contributed by atoms with Gasteiger partial charge < -0.3 is 19.6 Å². The second-order valence-electron chi connectivity index (χ2n) is 8.19. The van der Waals surface area contributed by atoms with E-state index in [9.17, 15) is 14.7 Å². The van der Waals surface area contributed by atoms with Crippen molar-refractivity contribution in [2.45, 2.75) is 30.9 Å². The highest BCUT2D eigenvalue weighted by Gasteiger charge is 2.30. The van der Waals surface area contributed by atoms with Crippen molar-refractivity contribution in [2.24, 2.45) is 0 Å². The van der Waals surface area contributed by atoms with Crippen LogP contribution in [-0.2, 0) is 14.3 Å². The number of rotatable bonds is 8.